The minimum atomic E-state index is -0.370. The zero-order valence-corrected chi connectivity index (χ0v) is 11.3. The molecule has 0 aromatic heterocycles. The molecule has 0 spiro atoms. The Morgan fingerprint density at radius 3 is 2.21 bits per heavy atom. The lowest BCUT2D eigenvalue weighted by Crippen LogP contribution is -2.05. The van der Waals surface area contributed by atoms with Crippen molar-refractivity contribution in [1.82, 2.24) is 0 Å². The van der Waals surface area contributed by atoms with Gasteiger partial charge in [-0.2, -0.15) is 0 Å². The lowest BCUT2D eigenvalue weighted by molar-refractivity contribution is 0.0600. The molecule has 2 aromatic carbocycles. The van der Waals surface area contributed by atoms with Crippen LogP contribution in [0.4, 0.5) is 0 Å². The summed E-state index contributed by atoms with van der Waals surface area (Å²) in [5.41, 5.74) is 2.94. The second-order valence-corrected chi connectivity index (χ2v) is 4.46. The first-order valence-electron chi connectivity index (χ1n) is 5.76. The predicted octanol–water partition coefficient (Wildman–Crippen LogP) is 4.19. The summed E-state index contributed by atoms with van der Waals surface area (Å²) in [4.78, 5) is 11.7. The van der Waals surface area contributed by atoms with Gasteiger partial charge in [-0.1, -0.05) is 48.5 Å². The molecule has 0 atom stereocenters. The normalized spacial score (nSPS) is 10.0. The van der Waals surface area contributed by atoms with Crippen LogP contribution in [0.3, 0.4) is 0 Å². The summed E-state index contributed by atoms with van der Waals surface area (Å²) >= 11 is 5.86. The molecule has 0 radical (unpaired) electrons. The Balaban J connectivity index is 2.44. The summed E-state index contributed by atoms with van der Waals surface area (Å²) in [6.45, 7) is 4.05. The first-order valence-corrected chi connectivity index (χ1v) is 6.14. The van der Waals surface area contributed by atoms with Crippen molar-refractivity contribution in [3.05, 3.63) is 76.8 Å². The van der Waals surface area contributed by atoms with Crippen molar-refractivity contribution in [3.8, 4) is 0 Å². The molecule has 0 unspecified atom stereocenters. The van der Waals surface area contributed by atoms with Gasteiger partial charge in [0.15, 0.2) is 0 Å². The van der Waals surface area contributed by atoms with Gasteiger partial charge in [0.2, 0.25) is 0 Å². The summed E-state index contributed by atoms with van der Waals surface area (Å²) in [5.74, 6) is -0.370. The number of carbonyl (C=O) groups is 1. The zero-order valence-electron chi connectivity index (χ0n) is 10.5. The molecule has 0 bridgehead atoms. The van der Waals surface area contributed by atoms with E-state index in [0.717, 1.165) is 16.7 Å². The van der Waals surface area contributed by atoms with Crippen molar-refractivity contribution in [2.75, 3.05) is 7.11 Å². The van der Waals surface area contributed by atoms with Crippen LogP contribution < -0.4 is 0 Å². The Morgan fingerprint density at radius 2 is 1.63 bits per heavy atom. The maximum Gasteiger partial charge on any atom is 0.338 e. The maximum atomic E-state index is 11.7. The first kappa shape index (κ1) is 13.4. The Morgan fingerprint density at radius 1 is 1.05 bits per heavy atom. The minimum Gasteiger partial charge on any atom is -0.465 e. The highest BCUT2D eigenvalue weighted by atomic mass is 35.5. The second-order valence-electron chi connectivity index (χ2n) is 4.02. The van der Waals surface area contributed by atoms with Crippen molar-refractivity contribution in [1.29, 1.82) is 0 Å². The van der Waals surface area contributed by atoms with Gasteiger partial charge in [-0.25, -0.2) is 4.79 Å². The lowest BCUT2D eigenvalue weighted by atomic mass is 9.95. The molecule has 3 heteroatoms. The van der Waals surface area contributed by atoms with Gasteiger partial charge >= 0.3 is 5.97 Å². The van der Waals surface area contributed by atoms with Crippen molar-refractivity contribution in [2.45, 2.75) is 0 Å². The zero-order chi connectivity index (χ0) is 13.8. The molecule has 0 saturated carbocycles. The van der Waals surface area contributed by atoms with Crippen LogP contribution >= 0.6 is 11.6 Å². The Kier molecular flexibility index (Phi) is 4.03. The van der Waals surface area contributed by atoms with Crippen molar-refractivity contribution in [2.24, 2.45) is 0 Å². The van der Waals surface area contributed by atoms with Gasteiger partial charge in [-0.15, -0.1) is 0 Å². The summed E-state index contributed by atoms with van der Waals surface area (Å²) < 4.78 is 4.78. The molecule has 96 valence electrons. The third-order valence-electron chi connectivity index (χ3n) is 2.85. The molecule has 0 saturated heterocycles. The van der Waals surface area contributed by atoms with E-state index < -0.39 is 0 Å². The highest BCUT2D eigenvalue weighted by Crippen LogP contribution is 2.26. The van der Waals surface area contributed by atoms with Gasteiger partial charge in [0.05, 0.1) is 12.7 Å². The number of hydrogen-bond acceptors (Lipinski definition) is 2. The molecular formula is C16H13ClO2. The molecule has 0 aliphatic carbocycles. The number of benzene rings is 2. The van der Waals surface area contributed by atoms with Gasteiger partial charge in [-0.05, 0) is 34.9 Å². The highest BCUT2D eigenvalue weighted by molar-refractivity contribution is 6.30. The first-order chi connectivity index (χ1) is 9.13. The summed E-state index contributed by atoms with van der Waals surface area (Å²) in [5, 5.41) is 0.665. The average Bonchev–Trinajstić information content (AvgIpc) is 2.46. The third kappa shape index (κ3) is 2.85. The molecule has 2 rings (SSSR count). The molecule has 0 heterocycles. The number of methoxy groups -OCH3 is 1. The summed E-state index contributed by atoms with van der Waals surface area (Å²) in [6, 6.07) is 14.6. The SMILES string of the molecule is C=C(c1ccc(Cl)cc1)c1ccccc1C(=O)OC. The van der Waals surface area contributed by atoms with Gasteiger partial charge in [0.1, 0.15) is 0 Å². The fraction of sp³-hybridized carbons (Fsp3) is 0.0625. The van der Waals surface area contributed by atoms with Crippen LogP contribution in [-0.4, -0.2) is 13.1 Å². The van der Waals surface area contributed by atoms with Crippen LogP contribution in [0.15, 0.2) is 55.1 Å². The van der Waals surface area contributed by atoms with Crippen LogP contribution in [-0.2, 0) is 4.74 Å². The molecule has 0 amide bonds. The van der Waals surface area contributed by atoms with Crippen molar-refractivity contribution >= 4 is 23.1 Å². The molecule has 0 aliphatic rings. The molecule has 2 nitrogen and oxygen atoms in total. The molecule has 2 aromatic rings. The van der Waals surface area contributed by atoms with Crippen LogP contribution in [0.2, 0.25) is 5.02 Å². The Bertz CT molecular complexity index is 615. The summed E-state index contributed by atoms with van der Waals surface area (Å²) in [7, 11) is 1.37. The van der Waals surface area contributed by atoms with E-state index in [1.54, 1.807) is 24.3 Å². The quantitative estimate of drug-likeness (QED) is 0.783. The van der Waals surface area contributed by atoms with Crippen molar-refractivity contribution in [3.63, 3.8) is 0 Å². The van der Waals surface area contributed by atoms with Gasteiger partial charge in [0, 0.05) is 5.02 Å². The molecule has 0 fully saturated rings. The van der Waals surface area contributed by atoms with Crippen LogP contribution in [0, 0.1) is 0 Å². The van der Waals surface area contributed by atoms with Crippen LogP contribution in [0.1, 0.15) is 21.5 Å². The number of rotatable bonds is 3. The van der Waals surface area contributed by atoms with E-state index in [-0.39, 0.29) is 5.97 Å². The number of halogens is 1. The fourth-order valence-corrected chi connectivity index (χ4v) is 1.97. The lowest BCUT2D eigenvalue weighted by Gasteiger charge is -2.11. The number of carbonyl (C=O) groups excluding carboxylic acids is 1. The van der Waals surface area contributed by atoms with E-state index >= 15 is 0 Å². The number of hydrogen-bond donors (Lipinski definition) is 0. The highest BCUT2D eigenvalue weighted by Gasteiger charge is 2.13. The second kappa shape index (κ2) is 5.72. The Labute approximate surface area is 117 Å². The molecular weight excluding hydrogens is 260 g/mol. The number of ether oxygens (including phenoxy) is 1. The van der Waals surface area contributed by atoms with Gasteiger partial charge < -0.3 is 4.74 Å². The number of esters is 1. The fourth-order valence-electron chi connectivity index (χ4n) is 1.84. The third-order valence-corrected chi connectivity index (χ3v) is 3.10. The van der Waals surface area contributed by atoms with E-state index in [1.807, 2.05) is 24.3 Å². The van der Waals surface area contributed by atoms with E-state index in [4.69, 9.17) is 16.3 Å². The van der Waals surface area contributed by atoms with E-state index in [2.05, 4.69) is 6.58 Å². The molecule has 19 heavy (non-hydrogen) atoms. The Hall–Kier alpha value is -2.06. The predicted molar refractivity (Wildman–Crippen MR) is 77.4 cm³/mol. The van der Waals surface area contributed by atoms with E-state index in [0.29, 0.717) is 10.6 Å². The largest absolute Gasteiger partial charge is 0.465 e. The van der Waals surface area contributed by atoms with Gasteiger partial charge in [0.25, 0.3) is 0 Å². The topological polar surface area (TPSA) is 26.3 Å². The molecule has 0 aliphatic heterocycles. The maximum absolute atomic E-state index is 11.7. The van der Waals surface area contributed by atoms with Gasteiger partial charge in [-0.3, -0.25) is 0 Å². The standard InChI is InChI=1S/C16H13ClO2/c1-11(12-7-9-13(17)10-8-12)14-5-3-4-6-15(14)16(18)19-2/h3-10H,1H2,2H3. The minimum absolute atomic E-state index is 0.370. The summed E-state index contributed by atoms with van der Waals surface area (Å²) in [6.07, 6.45) is 0. The smallest absolute Gasteiger partial charge is 0.338 e. The monoisotopic (exact) mass is 272 g/mol. The van der Waals surface area contributed by atoms with E-state index in [1.165, 1.54) is 7.11 Å². The van der Waals surface area contributed by atoms with Crippen molar-refractivity contribution < 1.29 is 9.53 Å². The van der Waals surface area contributed by atoms with Crippen LogP contribution in [0.25, 0.3) is 5.57 Å². The molecule has 0 N–H and O–H groups in total. The van der Waals surface area contributed by atoms with E-state index in [9.17, 15) is 4.79 Å². The average molecular weight is 273 g/mol. The van der Waals surface area contributed by atoms with Crippen LogP contribution in [0.5, 0.6) is 0 Å².